The maximum atomic E-state index is 12.9. The van der Waals surface area contributed by atoms with Crippen molar-refractivity contribution in [2.75, 3.05) is 11.9 Å². The molecule has 0 bridgehead atoms. The lowest BCUT2D eigenvalue weighted by molar-refractivity contribution is -0.135. The molecule has 1 aliphatic heterocycles. The molecule has 2 amide bonds. The zero-order chi connectivity index (χ0) is 24.2. The minimum atomic E-state index is -0.644. The number of fused-ring (bicyclic) bond motifs is 1. The molecule has 4 rings (SSSR count). The van der Waals surface area contributed by atoms with Gasteiger partial charge in [0.1, 0.15) is 5.75 Å². The molecule has 1 aromatic heterocycles. The van der Waals surface area contributed by atoms with Crippen LogP contribution in [-0.4, -0.2) is 40.4 Å². The molecule has 3 aromatic rings. The van der Waals surface area contributed by atoms with Gasteiger partial charge in [-0.15, -0.1) is 0 Å². The van der Waals surface area contributed by atoms with E-state index in [1.165, 1.54) is 6.92 Å². The highest BCUT2D eigenvalue weighted by molar-refractivity contribution is 7.59. The highest BCUT2D eigenvalue weighted by atomic mass is 32.1. The van der Waals surface area contributed by atoms with Crippen molar-refractivity contribution in [2.24, 2.45) is 5.92 Å². The Morgan fingerprint density at radius 2 is 1.92 bits per heavy atom. The van der Waals surface area contributed by atoms with Crippen molar-refractivity contribution in [1.82, 2.24) is 9.88 Å². The molecule has 2 N–H and O–H groups in total. The van der Waals surface area contributed by atoms with E-state index < -0.39 is 6.09 Å². The van der Waals surface area contributed by atoms with Crippen molar-refractivity contribution in [1.29, 1.82) is 0 Å². The quantitative estimate of drug-likeness (QED) is 0.339. The average Bonchev–Trinajstić information content (AvgIpc) is 3.45. The Balaban J connectivity index is 0.00000228. The fourth-order valence-corrected chi connectivity index (χ4v) is 4.27. The van der Waals surface area contributed by atoms with Crippen molar-refractivity contribution >= 4 is 61.4 Å². The van der Waals surface area contributed by atoms with Crippen LogP contribution in [0.15, 0.2) is 48.7 Å². The largest absolute Gasteiger partial charge is 0.417 e. The number of H-pyrrole nitrogens is 1. The molecule has 0 saturated carbocycles. The van der Waals surface area contributed by atoms with Crippen LogP contribution < -0.4 is 10.1 Å². The van der Waals surface area contributed by atoms with E-state index >= 15 is 0 Å². The summed E-state index contributed by atoms with van der Waals surface area (Å²) in [5, 5.41) is 3.52. The van der Waals surface area contributed by atoms with E-state index in [1.54, 1.807) is 41.3 Å². The third-order valence-corrected chi connectivity index (χ3v) is 6.09. The molecular formula is C26H30N4O4S2. The second-order valence-corrected chi connectivity index (χ2v) is 8.56. The summed E-state index contributed by atoms with van der Waals surface area (Å²) in [7, 11) is 0. The molecule has 1 fully saturated rings. The second-order valence-electron chi connectivity index (χ2n) is 8.56. The van der Waals surface area contributed by atoms with Crippen molar-refractivity contribution in [3.05, 3.63) is 71.2 Å². The summed E-state index contributed by atoms with van der Waals surface area (Å²) >= 11 is 0. The zero-order valence-corrected chi connectivity index (χ0v) is 22.1. The Labute approximate surface area is 224 Å². The fraction of sp³-hybridized carbons (Fsp3) is 0.308. The Morgan fingerprint density at radius 3 is 2.58 bits per heavy atom. The molecule has 0 spiro atoms. The number of hydrogen-bond donors (Lipinski definition) is 2. The van der Waals surface area contributed by atoms with Gasteiger partial charge in [0.25, 0.3) is 0 Å². The fourth-order valence-electron chi connectivity index (χ4n) is 4.27. The van der Waals surface area contributed by atoms with Gasteiger partial charge in [-0.25, -0.2) is 11.4 Å². The first-order valence-corrected chi connectivity index (χ1v) is 11.2. The Kier molecular flexibility index (Phi) is 10.0. The summed E-state index contributed by atoms with van der Waals surface area (Å²) in [4.78, 5) is 45.1. The summed E-state index contributed by atoms with van der Waals surface area (Å²) < 4.78 is 5.45. The molecule has 190 valence electrons. The normalized spacial score (nSPS) is 15.2. The minimum absolute atomic E-state index is 0. The monoisotopic (exact) mass is 526 g/mol. The van der Waals surface area contributed by atoms with Crippen LogP contribution in [0.25, 0.3) is 15.7 Å². The molecule has 8 nitrogen and oxygen atoms in total. The van der Waals surface area contributed by atoms with Crippen molar-refractivity contribution in [3.63, 3.8) is 0 Å². The Hall–Kier alpha value is -3.42. The first-order chi connectivity index (χ1) is 16.4. The number of ketones is 1. The van der Waals surface area contributed by atoms with Gasteiger partial charge >= 0.3 is 12.3 Å². The first-order valence-electron chi connectivity index (χ1n) is 11.2. The number of nitrogens with one attached hydrogen (secondary N) is 2. The molecule has 2 atom stereocenters. The number of aromatic amines is 1. The lowest BCUT2D eigenvalue weighted by Crippen LogP contribution is -2.38. The van der Waals surface area contributed by atoms with Gasteiger partial charge in [0, 0.05) is 47.2 Å². The molecule has 0 radical (unpaired) electrons. The predicted molar refractivity (Wildman–Crippen MR) is 149 cm³/mol. The number of rotatable bonds is 6. The van der Waals surface area contributed by atoms with E-state index in [0.717, 1.165) is 29.3 Å². The van der Waals surface area contributed by atoms with Crippen LogP contribution >= 0.6 is 27.0 Å². The van der Waals surface area contributed by atoms with E-state index in [1.807, 2.05) is 19.2 Å². The maximum absolute atomic E-state index is 12.9. The van der Waals surface area contributed by atoms with Gasteiger partial charge in [-0.1, -0.05) is 6.92 Å². The van der Waals surface area contributed by atoms with Crippen LogP contribution in [0.2, 0.25) is 0 Å². The average molecular weight is 527 g/mol. The Morgan fingerprint density at radius 1 is 1.19 bits per heavy atom. The van der Waals surface area contributed by atoms with Crippen molar-refractivity contribution in [2.45, 2.75) is 39.3 Å². The number of anilines is 1. The smallest absolute Gasteiger partial charge is 0.410 e. The number of carbonyl (C=O) groups excluding carboxylic acids is 3. The van der Waals surface area contributed by atoms with Gasteiger partial charge in [0.15, 0.2) is 5.78 Å². The molecule has 2 aromatic carbocycles. The topological polar surface area (TPSA) is 95.9 Å². The molecule has 0 aliphatic carbocycles. The van der Waals surface area contributed by atoms with E-state index in [9.17, 15) is 14.4 Å². The van der Waals surface area contributed by atoms with Gasteiger partial charge in [-0.05, 0) is 67.8 Å². The standard InChI is InChI=1S/C26H26N4O4.2H2S/c1-16(25(32)30-12-4-5-24(30)27-3)13-19-15-28-23-11-10-21(14-22(19)23)34-26(33)29-20-8-6-18(7-9-20)17(2)31;;/h6-11,14-16,24,28H,4-5,12-13H2,1-2H3,(H,29,33);2*1H2/t16-,24-;;/m0../s1. The second kappa shape index (κ2) is 12.5. The lowest BCUT2D eigenvalue weighted by Gasteiger charge is -2.20. The van der Waals surface area contributed by atoms with Gasteiger partial charge in [0.2, 0.25) is 5.91 Å². The van der Waals surface area contributed by atoms with Gasteiger partial charge in [0.05, 0.1) is 0 Å². The van der Waals surface area contributed by atoms with Crippen molar-refractivity contribution in [3.8, 4) is 5.75 Å². The van der Waals surface area contributed by atoms with Crippen molar-refractivity contribution < 1.29 is 19.1 Å². The van der Waals surface area contributed by atoms with E-state index in [0.29, 0.717) is 30.0 Å². The number of likely N-dealkylation sites (tertiary alicyclic amines) is 1. The lowest BCUT2D eigenvalue weighted by atomic mass is 9.99. The summed E-state index contributed by atoms with van der Waals surface area (Å²) in [6, 6.07) is 11.9. The number of carbonyl (C=O) groups is 3. The predicted octanol–water partition coefficient (Wildman–Crippen LogP) is 5.25. The molecule has 1 aliphatic rings. The molecular weight excluding hydrogens is 496 g/mol. The molecule has 10 heteroatoms. The number of amides is 2. The van der Waals surface area contributed by atoms with E-state index in [2.05, 4.69) is 15.1 Å². The number of aromatic nitrogens is 1. The first kappa shape index (κ1) is 28.8. The van der Waals surface area contributed by atoms with Crippen LogP contribution in [0, 0.1) is 12.5 Å². The molecule has 0 unspecified atom stereocenters. The highest BCUT2D eigenvalue weighted by Crippen LogP contribution is 2.28. The summed E-state index contributed by atoms with van der Waals surface area (Å²) in [5.41, 5.74) is 2.90. The SMILES string of the molecule is S.S.[C-]#[N+][C@@H]1CCCN1C(=O)[C@@H](C)Cc1c[nH]c2ccc(OC(=O)Nc3ccc(C(C)=O)cc3)cc12. The van der Waals surface area contributed by atoms with Crippen LogP contribution in [-0.2, 0) is 11.2 Å². The third-order valence-electron chi connectivity index (χ3n) is 6.09. The summed E-state index contributed by atoms with van der Waals surface area (Å²) in [6.45, 7) is 11.3. The van der Waals surface area contributed by atoms with Crippen LogP contribution in [0.4, 0.5) is 10.5 Å². The number of benzene rings is 2. The summed E-state index contributed by atoms with van der Waals surface area (Å²) in [5.74, 6) is 0.0489. The van der Waals surface area contributed by atoms with Crippen LogP contribution in [0.1, 0.15) is 42.6 Å². The van der Waals surface area contributed by atoms with E-state index in [4.69, 9.17) is 11.3 Å². The maximum Gasteiger partial charge on any atom is 0.417 e. The van der Waals surface area contributed by atoms with Gasteiger partial charge < -0.3 is 9.72 Å². The van der Waals surface area contributed by atoms with Gasteiger partial charge in [-0.3, -0.25) is 24.7 Å². The van der Waals surface area contributed by atoms with Crippen LogP contribution in [0.3, 0.4) is 0 Å². The molecule has 1 saturated heterocycles. The minimum Gasteiger partial charge on any atom is -0.410 e. The summed E-state index contributed by atoms with van der Waals surface area (Å²) in [6.07, 6.45) is 2.98. The van der Waals surface area contributed by atoms with Gasteiger partial charge in [-0.2, -0.15) is 27.0 Å². The highest BCUT2D eigenvalue weighted by Gasteiger charge is 2.35. The molecule has 36 heavy (non-hydrogen) atoms. The third kappa shape index (κ3) is 6.42. The molecule has 2 heterocycles. The number of Topliss-reactive ketones (excluding diaryl/α,β-unsaturated/α-hetero) is 1. The van der Waals surface area contributed by atoms with Crippen LogP contribution in [0.5, 0.6) is 5.75 Å². The Bertz CT molecular complexity index is 1280. The number of ether oxygens (including phenoxy) is 1. The number of hydrogen-bond acceptors (Lipinski definition) is 4. The number of nitrogens with zero attached hydrogens (tertiary/aromatic N) is 2. The zero-order valence-electron chi connectivity index (χ0n) is 20.1. The van der Waals surface area contributed by atoms with E-state index in [-0.39, 0.29) is 50.8 Å².